The highest BCUT2D eigenvalue weighted by molar-refractivity contribution is 5.83. The lowest BCUT2D eigenvalue weighted by Gasteiger charge is -2.29. The van der Waals surface area contributed by atoms with Crippen molar-refractivity contribution in [2.45, 2.75) is 39.2 Å². The van der Waals surface area contributed by atoms with Crippen molar-refractivity contribution in [1.29, 1.82) is 0 Å². The maximum Gasteiger partial charge on any atom is 0.163 e. The largest absolute Gasteiger partial charge is 0.368 e. The summed E-state index contributed by atoms with van der Waals surface area (Å²) in [6.45, 7) is 6.69. The third-order valence-corrected chi connectivity index (χ3v) is 3.27. The molecule has 0 bridgehead atoms. The Labute approximate surface area is 92.8 Å². The molecule has 1 saturated heterocycles. The number of hydrogen-bond donors (Lipinski definition) is 0. The maximum absolute atomic E-state index is 11.9. The molecule has 0 spiro atoms. The molecule has 1 heterocycles. The fourth-order valence-corrected chi connectivity index (χ4v) is 1.97. The first-order valence-electron chi connectivity index (χ1n) is 6.00. The Morgan fingerprint density at radius 1 is 1.47 bits per heavy atom. The molecular weight excluding hydrogens is 190 g/mol. The van der Waals surface area contributed by atoms with Crippen molar-refractivity contribution < 1.29 is 9.53 Å². The molecule has 1 atom stereocenters. The summed E-state index contributed by atoms with van der Waals surface area (Å²) in [5.41, 5.74) is 0. The van der Waals surface area contributed by atoms with Crippen molar-refractivity contribution in [1.82, 2.24) is 4.90 Å². The zero-order valence-electron chi connectivity index (χ0n) is 10.2. The van der Waals surface area contributed by atoms with Gasteiger partial charge >= 0.3 is 0 Å². The average molecular weight is 213 g/mol. The van der Waals surface area contributed by atoms with Gasteiger partial charge in [-0.3, -0.25) is 4.79 Å². The van der Waals surface area contributed by atoms with E-state index in [1.54, 1.807) is 0 Å². The Bertz CT molecular complexity index is 202. The predicted octanol–water partition coefficient (Wildman–Crippen LogP) is 1.71. The Morgan fingerprint density at radius 3 is 2.67 bits per heavy atom. The van der Waals surface area contributed by atoms with Gasteiger partial charge in [0.2, 0.25) is 0 Å². The van der Waals surface area contributed by atoms with Crippen LogP contribution in [0, 0.1) is 5.92 Å². The maximum atomic E-state index is 11.9. The molecule has 1 fully saturated rings. The van der Waals surface area contributed by atoms with Crippen LogP contribution >= 0.6 is 0 Å². The van der Waals surface area contributed by atoms with Gasteiger partial charge in [0.1, 0.15) is 6.10 Å². The summed E-state index contributed by atoms with van der Waals surface area (Å²) < 4.78 is 5.51. The smallest absolute Gasteiger partial charge is 0.163 e. The minimum Gasteiger partial charge on any atom is -0.368 e. The van der Waals surface area contributed by atoms with Crippen molar-refractivity contribution in [2.75, 3.05) is 26.7 Å². The van der Waals surface area contributed by atoms with E-state index in [4.69, 9.17) is 4.74 Å². The SMILES string of the molecule is CCC(CC)CC(=O)C1CN(C)CCO1. The van der Waals surface area contributed by atoms with Crippen molar-refractivity contribution in [2.24, 2.45) is 5.92 Å². The molecule has 15 heavy (non-hydrogen) atoms. The average Bonchev–Trinajstić information content (AvgIpc) is 2.25. The highest BCUT2D eigenvalue weighted by Crippen LogP contribution is 2.16. The molecule has 0 aromatic heterocycles. The number of hydrogen-bond acceptors (Lipinski definition) is 3. The van der Waals surface area contributed by atoms with Crippen LogP contribution in [0.15, 0.2) is 0 Å². The number of likely N-dealkylation sites (N-methyl/N-ethyl adjacent to an activating group) is 1. The lowest BCUT2D eigenvalue weighted by Crippen LogP contribution is -2.44. The third kappa shape index (κ3) is 3.92. The lowest BCUT2D eigenvalue weighted by molar-refractivity contribution is -0.136. The van der Waals surface area contributed by atoms with Crippen LogP contribution < -0.4 is 0 Å². The van der Waals surface area contributed by atoms with Gasteiger partial charge in [0, 0.05) is 19.5 Å². The monoisotopic (exact) mass is 213 g/mol. The number of Topliss-reactive ketones (excluding diaryl/α,β-unsaturated/α-hetero) is 1. The molecule has 0 aromatic rings. The Morgan fingerprint density at radius 2 is 2.13 bits per heavy atom. The molecule has 0 N–H and O–H groups in total. The standard InChI is InChI=1S/C12H23NO2/c1-4-10(5-2)8-11(14)12-9-13(3)6-7-15-12/h10,12H,4-9H2,1-3H3. The Hall–Kier alpha value is -0.410. The van der Waals surface area contributed by atoms with E-state index in [2.05, 4.69) is 18.7 Å². The van der Waals surface area contributed by atoms with Gasteiger partial charge in [-0.25, -0.2) is 0 Å². The molecule has 1 aliphatic rings. The minimum atomic E-state index is -0.177. The molecule has 1 rings (SSSR count). The zero-order chi connectivity index (χ0) is 11.3. The van der Waals surface area contributed by atoms with Gasteiger partial charge in [-0.1, -0.05) is 26.7 Å². The quantitative estimate of drug-likeness (QED) is 0.696. The van der Waals surface area contributed by atoms with Gasteiger partial charge in [0.15, 0.2) is 5.78 Å². The van der Waals surface area contributed by atoms with Gasteiger partial charge < -0.3 is 9.64 Å². The summed E-state index contributed by atoms with van der Waals surface area (Å²) in [6, 6.07) is 0. The van der Waals surface area contributed by atoms with Crippen LogP contribution in [-0.4, -0.2) is 43.5 Å². The minimum absolute atomic E-state index is 0.177. The summed E-state index contributed by atoms with van der Waals surface area (Å²) >= 11 is 0. The fourth-order valence-electron chi connectivity index (χ4n) is 1.97. The first kappa shape index (κ1) is 12.7. The zero-order valence-corrected chi connectivity index (χ0v) is 10.2. The van der Waals surface area contributed by atoms with E-state index in [-0.39, 0.29) is 11.9 Å². The van der Waals surface area contributed by atoms with Gasteiger partial charge in [0.25, 0.3) is 0 Å². The predicted molar refractivity (Wildman–Crippen MR) is 60.9 cm³/mol. The fraction of sp³-hybridized carbons (Fsp3) is 0.917. The molecule has 3 heteroatoms. The molecule has 1 aliphatic heterocycles. The van der Waals surface area contributed by atoms with E-state index in [1.165, 1.54) is 0 Å². The van der Waals surface area contributed by atoms with Gasteiger partial charge in [-0.05, 0) is 13.0 Å². The summed E-state index contributed by atoms with van der Waals surface area (Å²) in [5, 5.41) is 0. The van der Waals surface area contributed by atoms with E-state index < -0.39 is 0 Å². The first-order valence-corrected chi connectivity index (χ1v) is 6.00. The second-order valence-corrected chi connectivity index (χ2v) is 4.47. The van der Waals surface area contributed by atoms with E-state index in [1.807, 2.05) is 7.05 Å². The van der Waals surface area contributed by atoms with Crippen molar-refractivity contribution >= 4 is 5.78 Å². The summed E-state index contributed by atoms with van der Waals surface area (Å²) in [5.74, 6) is 0.823. The van der Waals surface area contributed by atoms with Crippen LogP contribution in [-0.2, 0) is 9.53 Å². The number of carbonyl (C=O) groups excluding carboxylic acids is 1. The molecule has 0 amide bonds. The van der Waals surface area contributed by atoms with Gasteiger partial charge in [0.05, 0.1) is 6.61 Å². The van der Waals surface area contributed by atoms with Crippen LogP contribution in [0.4, 0.5) is 0 Å². The number of nitrogens with zero attached hydrogens (tertiary/aromatic N) is 1. The number of morpholine rings is 1. The number of ether oxygens (including phenoxy) is 1. The first-order chi connectivity index (χ1) is 7.17. The second kappa shape index (κ2) is 6.23. The Kier molecular flexibility index (Phi) is 5.26. The topological polar surface area (TPSA) is 29.5 Å². The summed E-state index contributed by atoms with van der Waals surface area (Å²) in [6.07, 6.45) is 2.69. The van der Waals surface area contributed by atoms with E-state index in [0.29, 0.717) is 18.9 Å². The van der Waals surface area contributed by atoms with Gasteiger partial charge in [-0.2, -0.15) is 0 Å². The highest BCUT2D eigenvalue weighted by Gasteiger charge is 2.25. The number of carbonyl (C=O) groups is 1. The van der Waals surface area contributed by atoms with Gasteiger partial charge in [-0.15, -0.1) is 0 Å². The van der Waals surface area contributed by atoms with Crippen LogP contribution in [0.5, 0.6) is 0 Å². The molecule has 0 aliphatic carbocycles. The molecular formula is C12H23NO2. The molecule has 0 saturated carbocycles. The normalized spacial score (nSPS) is 23.3. The van der Waals surface area contributed by atoms with Crippen LogP contribution in [0.1, 0.15) is 33.1 Å². The summed E-state index contributed by atoms with van der Waals surface area (Å²) in [4.78, 5) is 14.1. The van der Waals surface area contributed by atoms with Crippen molar-refractivity contribution in [3.63, 3.8) is 0 Å². The lowest BCUT2D eigenvalue weighted by atomic mass is 9.94. The van der Waals surface area contributed by atoms with E-state index >= 15 is 0 Å². The molecule has 88 valence electrons. The van der Waals surface area contributed by atoms with Crippen LogP contribution in [0.25, 0.3) is 0 Å². The molecule has 1 unspecified atom stereocenters. The highest BCUT2D eigenvalue weighted by atomic mass is 16.5. The number of ketones is 1. The van der Waals surface area contributed by atoms with Crippen molar-refractivity contribution in [3.05, 3.63) is 0 Å². The van der Waals surface area contributed by atoms with E-state index in [9.17, 15) is 4.79 Å². The van der Waals surface area contributed by atoms with Crippen LogP contribution in [0.3, 0.4) is 0 Å². The summed E-state index contributed by atoms with van der Waals surface area (Å²) in [7, 11) is 2.04. The van der Waals surface area contributed by atoms with Crippen molar-refractivity contribution in [3.8, 4) is 0 Å². The molecule has 3 nitrogen and oxygen atoms in total. The van der Waals surface area contributed by atoms with E-state index in [0.717, 1.165) is 25.9 Å². The van der Waals surface area contributed by atoms with Crippen LogP contribution in [0.2, 0.25) is 0 Å². The Balaban J connectivity index is 2.38. The molecule has 0 radical (unpaired) electrons. The number of rotatable bonds is 5. The molecule has 0 aromatic carbocycles. The second-order valence-electron chi connectivity index (χ2n) is 4.47. The third-order valence-electron chi connectivity index (χ3n) is 3.27.